The summed E-state index contributed by atoms with van der Waals surface area (Å²) in [4.78, 5) is 28.9. The van der Waals surface area contributed by atoms with E-state index in [2.05, 4.69) is 15.7 Å². The number of nitrogens with one attached hydrogen (secondary N) is 2. The van der Waals surface area contributed by atoms with E-state index in [0.29, 0.717) is 27.7 Å². The van der Waals surface area contributed by atoms with Gasteiger partial charge in [-0.3, -0.25) is 9.69 Å². The molecule has 194 valence electrons. The van der Waals surface area contributed by atoms with Crippen LogP contribution in [-0.4, -0.2) is 42.8 Å². The zero-order valence-corrected chi connectivity index (χ0v) is 21.6. The highest BCUT2D eigenvalue weighted by molar-refractivity contribution is 6.30. The predicted molar refractivity (Wildman–Crippen MR) is 150 cm³/mol. The van der Waals surface area contributed by atoms with E-state index in [0.717, 1.165) is 0 Å². The number of hydrazone groups is 1. The minimum Gasteiger partial charge on any atom is -0.341 e. The molecule has 0 fully saturated rings. The summed E-state index contributed by atoms with van der Waals surface area (Å²) in [5.74, 6) is -1.14. The molecule has 0 saturated carbocycles. The number of anilines is 2. The molecule has 4 rings (SSSR count). The Morgan fingerprint density at radius 1 is 0.947 bits per heavy atom. The summed E-state index contributed by atoms with van der Waals surface area (Å²) >= 11 is 6.11. The van der Waals surface area contributed by atoms with Gasteiger partial charge >= 0.3 is 6.03 Å². The van der Waals surface area contributed by atoms with Crippen LogP contribution in [0.3, 0.4) is 0 Å². The van der Waals surface area contributed by atoms with Crippen molar-refractivity contribution < 1.29 is 14.0 Å². The molecule has 3 amide bonds. The Hall–Kier alpha value is -4.43. The molecular weight excluding hydrogens is 505 g/mol. The van der Waals surface area contributed by atoms with Crippen LogP contribution >= 0.6 is 11.6 Å². The lowest BCUT2D eigenvalue weighted by Crippen LogP contribution is -2.48. The Bertz CT molecular complexity index is 1360. The number of rotatable bonds is 7. The summed E-state index contributed by atoms with van der Waals surface area (Å²) in [5, 5.41) is 11.8. The fraction of sp³-hybridized carbons (Fsp3) is 0.138. The van der Waals surface area contributed by atoms with Gasteiger partial charge in [-0.05, 0) is 54.1 Å². The summed E-state index contributed by atoms with van der Waals surface area (Å²) in [6.07, 6.45) is 4.42. The van der Waals surface area contributed by atoms with Crippen LogP contribution in [0.15, 0.2) is 114 Å². The van der Waals surface area contributed by atoms with Gasteiger partial charge in [0, 0.05) is 30.5 Å². The Balaban J connectivity index is 1.71. The third-order valence-corrected chi connectivity index (χ3v) is 5.88. The van der Waals surface area contributed by atoms with Gasteiger partial charge in [-0.15, -0.1) is 0 Å². The van der Waals surface area contributed by atoms with Gasteiger partial charge in [0.15, 0.2) is 0 Å². The zero-order chi connectivity index (χ0) is 27.1. The van der Waals surface area contributed by atoms with E-state index in [9.17, 15) is 14.0 Å². The van der Waals surface area contributed by atoms with Gasteiger partial charge in [0.05, 0.1) is 11.8 Å². The fourth-order valence-corrected chi connectivity index (χ4v) is 4.08. The largest absolute Gasteiger partial charge is 0.341 e. The predicted octanol–water partition coefficient (Wildman–Crippen LogP) is 5.95. The van der Waals surface area contributed by atoms with Gasteiger partial charge in [-0.1, -0.05) is 66.2 Å². The van der Waals surface area contributed by atoms with Crippen LogP contribution in [0.4, 0.5) is 20.6 Å². The molecule has 7 nitrogen and oxygen atoms in total. The second-order valence-corrected chi connectivity index (χ2v) is 9.14. The minimum atomic E-state index is -1.13. The Labute approximate surface area is 225 Å². The summed E-state index contributed by atoms with van der Waals surface area (Å²) < 4.78 is 15.0. The van der Waals surface area contributed by atoms with Crippen molar-refractivity contribution in [1.82, 2.24) is 10.3 Å². The normalized spacial score (nSPS) is 16.4. The number of benzene rings is 3. The first kappa shape index (κ1) is 26.6. The lowest BCUT2D eigenvalue weighted by molar-refractivity contribution is -0.122. The van der Waals surface area contributed by atoms with Gasteiger partial charge in [-0.2, -0.15) is 5.10 Å². The molecular formula is C29H27ClFN5O2. The second kappa shape index (κ2) is 12.2. The van der Waals surface area contributed by atoms with Crippen LogP contribution in [-0.2, 0) is 4.79 Å². The van der Waals surface area contributed by atoms with Gasteiger partial charge < -0.3 is 15.6 Å². The number of halogens is 2. The molecule has 0 spiro atoms. The SMILES string of the molecule is CN(C)/N=C1\C=CC(NC(=O)C(c2ccccc2)N(C(=O)Nc2ccccc2)c2ccc(Cl)cc2)C(F)=C1. The summed E-state index contributed by atoms with van der Waals surface area (Å²) in [6, 6.07) is 21.7. The summed E-state index contributed by atoms with van der Waals surface area (Å²) in [7, 11) is 3.47. The van der Waals surface area contributed by atoms with Gasteiger partial charge in [0.25, 0.3) is 0 Å². The average Bonchev–Trinajstić information content (AvgIpc) is 2.90. The standard InChI is InChI=1S/C29H27ClFN5O2/c1-35(2)34-23-15-18-26(25(31)19-23)33-28(37)27(20-9-5-3-6-10-20)36(24-16-13-21(30)14-17-24)29(38)32-22-11-7-4-8-12-22/h3-19,26-27H,1-2H3,(H,32,38)(H,33,37)/b34-23+. The van der Waals surface area contributed by atoms with Crippen molar-refractivity contribution in [2.75, 3.05) is 24.3 Å². The van der Waals surface area contributed by atoms with Crippen LogP contribution in [0.5, 0.6) is 0 Å². The Morgan fingerprint density at radius 3 is 2.18 bits per heavy atom. The van der Waals surface area contributed by atoms with Crippen LogP contribution in [0.1, 0.15) is 11.6 Å². The van der Waals surface area contributed by atoms with Crippen molar-refractivity contribution in [3.8, 4) is 0 Å². The lowest BCUT2D eigenvalue weighted by Gasteiger charge is -2.32. The van der Waals surface area contributed by atoms with E-state index >= 15 is 0 Å². The van der Waals surface area contributed by atoms with E-state index in [4.69, 9.17) is 11.6 Å². The van der Waals surface area contributed by atoms with Crippen LogP contribution < -0.4 is 15.5 Å². The zero-order valence-electron chi connectivity index (χ0n) is 20.9. The second-order valence-electron chi connectivity index (χ2n) is 8.70. The number of para-hydroxylation sites is 1. The molecule has 3 aromatic rings. The van der Waals surface area contributed by atoms with Crippen LogP contribution in [0.25, 0.3) is 0 Å². The third kappa shape index (κ3) is 6.66. The fourth-order valence-electron chi connectivity index (χ4n) is 3.95. The molecule has 0 aromatic heterocycles. The number of carbonyl (C=O) groups is 2. The number of carbonyl (C=O) groups excluding carboxylic acids is 2. The molecule has 0 bridgehead atoms. The Morgan fingerprint density at radius 2 is 1.58 bits per heavy atom. The van der Waals surface area contributed by atoms with Crippen LogP contribution in [0.2, 0.25) is 5.02 Å². The molecule has 2 N–H and O–H groups in total. The molecule has 2 unspecified atom stereocenters. The molecule has 0 heterocycles. The van der Waals surface area contributed by atoms with Gasteiger partial charge in [-0.25, -0.2) is 9.18 Å². The van der Waals surface area contributed by atoms with Crippen molar-refractivity contribution >= 4 is 40.6 Å². The van der Waals surface area contributed by atoms with E-state index in [1.165, 1.54) is 17.1 Å². The van der Waals surface area contributed by atoms with E-state index in [-0.39, 0.29) is 0 Å². The van der Waals surface area contributed by atoms with Gasteiger partial charge in [0.2, 0.25) is 5.91 Å². The van der Waals surface area contributed by atoms with Crippen molar-refractivity contribution in [1.29, 1.82) is 0 Å². The third-order valence-electron chi connectivity index (χ3n) is 5.63. The first-order valence-corrected chi connectivity index (χ1v) is 12.3. The highest BCUT2D eigenvalue weighted by Crippen LogP contribution is 2.30. The topological polar surface area (TPSA) is 77.0 Å². The van der Waals surface area contributed by atoms with E-state index in [1.807, 2.05) is 12.1 Å². The molecule has 9 heteroatoms. The van der Waals surface area contributed by atoms with Crippen molar-refractivity contribution in [3.63, 3.8) is 0 Å². The molecule has 0 aliphatic heterocycles. The molecule has 2 atom stereocenters. The van der Waals surface area contributed by atoms with E-state index < -0.39 is 29.8 Å². The maximum absolute atomic E-state index is 15.0. The van der Waals surface area contributed by atoms with Crippen LogP contribution in [0, 0.1) is 0 Å². The lowest BCUT2D eigenvalue weighted by atomic mass is 10.0. The number of amides is 3. The number of hydrogen-bond acceptors (Lipinski definition) is 4. The molecule has 38 heavy (non-hydrogen) atoms. The van der Waals surface area contributed by atoms with Crippen molar-refractivity contribution in [2.24, 2.45) is 5.10 Å². The van der Waals surface area contributed by atoms with Crippen molar-refractivity contribution in [2.45, 2.75) is 12.1 Å². The highest BCUT2D eigenvalue weighted by atomic mass is 35.5. The molecule has 1 aliphatic carbocycles. The first-order valence-electron chi connectivity index (χ1n) is 11.9. The quantitative estimate of drug-likeness (QED) is 0.370. The maximum atomic E-state index is 15.0. The minimum absolute atomic E-state index is 0.419. The Kier molecular flexibility index (Phi) is 8.55. The smallest absolute Gasteiger partial charge is 0.327 e. The number of nitrogens with zero attached hydrogens (tertiary/aromatic N) is 3. The first-order chi connectivity index (χ1) is 18.3. The summed E-state index contributed by atoms with van der Waals surface area (Å²) in [5.41, 5.74) is 1.95. The monoisotopic (exact) mass is 531 g/mol. The van der Waals surface area contributed by atoms with Gasteiger partial charge in [0.1, 0.15) is 11.9 Å². The molecule has 1 aliphatic rings. The maximum Gasteiger partial charge on any atom is 0.327 e. The highest BCUT2D eigenvalue weighted by Gasteiger charge is 2.34. The molecule has 0 saturated heterocycles. The molecule has 0 radical (unpaired) electrons. The number of urea groups is 1. The average molecular weight is 532 g/mol. The number of hydrogen-bond donors (Lipinski definition) is 2. The number of allylic oxidation sites excluding steroid dienone is 2. The van der Waals surface area contributed by atoms with E-state index in [1.54, 1.807) is 98.0 Å². The summed E-state index contributed by atoms with van der Waals surface area (Å²) in [6.45, 7) is 0. The molecule has 3 aromatic carbocycles. The van der Waals surface area contributed by atoms with Crippen molar-refractivity contribution in [3.05, 3.63) is 120 Å².